The van der Waals surface area contributed by atoms with Crippen molar-refractivity contribution >= 4 is 17.3 Å². The van der Waals surface area contributed by atoms with E-state index in [1.54, 1.807) is 0 Å². The number of rotatable bonds is 0. The molecule has 3 rings (SSSR count). The highest BCUT2D eigenvalue weighted by molar-refractivity contribution is 6.00. The molecule has 1 amide bonds. The van der Waals surface area contributed by atoms with E-state index >= 15 is 0 Å². The van der Waals surface area contributed by atoms with Crippen molar-refractivity contribution in [2.24, 2.45) is 5.41 Å². The first-order chi connectivity index (χ1) is 8.12. The lowest BCUT2D eigenvalue weighted by molar-refractivity contribution is -0.129. The summed E-state index contributed by atoms with van der Waals surface area (Å²) >= 11 is 0. The van der Waals surface area contributed by atoms with Crippen LogP contribution in [0.2, 0.25) is 0 Å². The first kappa shape index (κ1) is 10.5. The number of nitrogens with one attached hydrogen (secondary N) is 2. The van der Waals surface area contributed by atoms with Crippen molar-refractivity contribution in [3.63, 3.8) is 0 Å². The first-order valence-corrected chi connectivity index (χ1v) is 5.66. The summed E-state index contributed by atoms with van der Waals surface area (Å²) in [6.45, 7) is 0.367. The van der Waals surface area contributed by atoms with Crippen molar-refractivity contribution in [3.8, 4) is 0 Å². The normalized spacial score (nSPS) is 20.9. The van der Waals surface area contributed by atoms with Gasteiger partial charge in [-0.05, 0) is 25.0 Å². The van der Waals surface area contributed by atoms with Gasteiger partial charge in [-0.2, -0.15) is 0 Å². The molecule has 0 bridgehead atoms. The number of hydrogen-bond donors (Lipinski definition) is 2. The van der Waals surface area contributed by atoms with E-state index in [1.165, 1.54) is 6.07 Å². The number of amides is 1. The van der Waals surface area contributed by atoms with Crippen molar-refractivity contribution in [1.82, 2.24) is 0 Å². The Morgan fingerprint density at radius 3 is 2.65 bits per heavy atom. The fourth-order valence-electron chi connectivity index (χ4n) is 2.43. The van der Waals surface area contributed by atoms with Gasteiger partial charge in [0.1, 0.15) is 0 Å². The number of anilines is 2. The third kappa shape index (κ3) is 1.41. The molecule has 0 atom stereocenters. The highest BCUT2D eigenvalue weighted by Crippen LogP contribution is 2.44. The van der Waals surface area contributed by atoms with E-state index in [-0.39, 0.29) is 11.6 Å². The predicted octanol–water partition coefficient (Wildman–Crippen LogP) is 2.50. The molecular formula is C12H12F2N2O. The molecule has 0 radical (unpaired) electrons. The molecule has 1 aromatic carbocycles. The molecule has 1 spiro atoms. The summed E-state index contributed by atoms with van der Waals surface area (Å²) in [7, 11) is 0. The average Bonchev–Trinajstić information content (AvgIpc) is 2.39. The van der Waals surface area contributed by atoms with Crippen LogP contribution in [0, 0.1) is 17.0 Å². The van der Waals surface area contributed by atoms with Gasteiger partial charge in [-0.3, -0.25) is 4.79 Å². The zero-order chi connectivity index (χ0) is 12.0. The van der Waals surface area contributed by atoms with Crippen LogP contribution in [0.1, 0.15) is 19.3 Å². The second-order valence-corrected chi connectivity index (χ2v) is 4.73. The molecule has 0 aromatic heterocycles. The Morgan fingerprint density at radius 1 is 1.24 bits per heavy atom. The van der Waals surface area contributed by atoms with E-state index in [1.807, 2.05) is 0 Å². The molecular weight excluding hydrogens is 226 g/mol. The van der Waals surface area contributed by atoms with Gasteiger partial charge < -0.3 is 10.6 Å². The molecule has 3 nitrogen and oxygen atoms in total. The van der Waals surface area contributed by atoms with Crippen molar-refractivity contribution in [1.29, 1.82) is 0 Å². The Labute approximate surface area is 97.2 Å². The second-order valence-electron chi connectivity index (χ2n) is 4.73. The molecule has 5 heteroatoms. The van der Waals surface area contributed by atoms with Crippen LogP contribution in [-0.2, 0) is 4.79 Å². The van der Waals surface area contributed by atoms with Crippen molar-refractivity contribution < 1.29 is 13.6 Å². The molecule has 0 unspecified atom stereocenters. The molecule has 1 aromatic rings. The number of halogens is 2. The summed E-state index contributed by atoms with van der Waals surface area (Å²) in [5.41, 5.74) is -0.0677. The zero-order valence-corrected chi connectivity index (χ0v) is 9.15. The van der Waals surface area contributed by atoms with Crippen molar-refractivity contribution in [3.05, 3.63) is 23.8 Å². The van der Waals surface area contributed by atoms with E-state index in [2.05, 4.69) is 10.6 Å². The van der Waals surface area contributed by atoms with Crippen LogP contribution in [0.25, 0.3) is 0 Å². The molecule has 90 valence electrons. The lowest BCUT2D eigenvalue weighted by Crippen LogP contribution is -2.45. The summed E-state index contributed by atoms with van der Waals surface area (Å²) in [6, 6.07) is 2.41. The smallest absolute Gasteiger partial charge is 0.232 e. The molecule has 1 aliphatic carbocycles. The minimum absolute atomic E-state index is 0.0575. The quantitative estimate of drug-likeness (QED) is 0.729. The Morgan fingerprint density at radius 2 is 2.00 bits per heavy atom. The van der Waals surface area contributed by atoms with Crippen LogP contribution in [-0.4, -0.2) is 12.5 Å². The minimum atomic E-state index is -0.931. The van der Waals surface area contributed by atoms with Gasteiger partial charge in [-0.25, -0.2) is 8.78 Å². The second kappa shape index (κ2) is 3.42. The summed E-state index contributed by atoms with van der Waals surface area (Å²) in [6.07, 6.45) is 2.59. The lowest BCUT2D eigenvalue weighted by Gasteiger charge is -2.38. The molecule has 1 heterocycles. The van der Waals surface area contributed by atoms with Gasteiger partial charge >= 0.3 is 0 Å². The minimum Gasteiger partial charge on any atom is -0.380 e. The Bertz CT molecular complexity index is 498. The van der Waals surface area contributed by atoms with Gasteiger partial charge in [0.25, 0.3) is 0 Å². The van der Waals surface area contributed by atoms with Crippen LogP contribution in [0.5, 0.6) is 0 Å². The zero-order valence-electron chi connectivity index (χ0n) is 9.15. The number of carbonyl (C=O) groups excluding carboxylic acids is 1. The van der Waals surface area contributed by atoms with E-state index in [9.17, 15) is 13.6 Å². The summed E-state index contributed by atoms with van der Waals surface area (Å²) in [5, 5.41) is 5.53. The molecule has 2 N–H and O–H groups in total. The SMILES string of the molecule is O=C1Nc2ccc(F)c(F)c2NCC12CCC2. The van der Waals surface area contributed by atoms with Gasteiger partial charge in [0.05, 0.1) is 16.8 Å². The summed E-state index contributed by atoms with van der Waals surface area (Å²) in [5.74, 6) is -1.93. The standard InChI is InChI=1S/C12H12F2N2O/c13-7-2-3-8-10(9(7)14)15-6-12(4-1-5-12)11(17)16-8/h2-3,15H,1,4-6H2,(H,16,17). The van der Waals surface area contributed by atoms with Crippen LogP contribution in [0.3, 0.4) is 0 Å². The third-order valence-electron chi connectivity index (χ3n) is 3.74. The molecule has 0 saturated heterocycles. The fourth-order valence-corrected chi connectivity index (χ4v) is 2.43. The van der Waals surface area contributed by atoms with Crippen molar-refractivity contribution in [2.75, 3.05) is 17.2 Å². The average molecular weight is 238 g/mol. The monoisotopic (exact) mass is 238 g/mol. The number of carbonyl (C=O) groups is 1. The highest BCUT2D eigenvalue weighted by Gasteiger charge is 2.45. The summed E-state index contributed by atoms with van der Waals surface area (Å²) < 4.78 is 26.7. The lowest BCUT2D eigenvalue weighted by atomic mass is 9.68. The van der Waals surface area contributed by atoms with Gasteiger partial charge in [0, 0.05) is 6.54 Å². The van der Waals surface area contributed by atoms with E-state index in [0.29, 0.717) is 12.2 Å². The Hall–Kier alpha value is -1.65. The number of fused-ring (bicyclic) bond motifs is 1. The van der Waals surface area contributed by atoms with E-state index < -0.39 is 17.0 Å². The van der Waals surface area contributed by atoms with Gasteiger partial charge in [-0.1, -0.05) is 6.42 Å². The van der Waals surface area contributed by atoms with Crippen LogP contribution in [0.15, 0.2) is 12.1 Å². The topological polar surface area (TPSA) is 41.1 Å². The molecule has 1 fully saturated rings. The summed E-state index contributed by atoms with van der Waals surface area (Å²) in [4.78, 5) is 12.0. The van der Waals surface area contributed by atoms with Gasteiger partial charge in [0.2, 0.25) is 5.91 Å². The molecule has 1 saturated carbocycles. The molecule has 2 aliphatic rings. The maximum atomic E-state index is 13.6. The predicted molar refractivity (Wildman–Crippen MR) is 59.8 cm³/mol. The van der Waals surface area contributed by atoms with E-state index in [0.717, 1.165) is 25.3 Å². The first-order valence-electron chi connectivity index (χ1n) is 5.66. The van der Waals surface area contributed by atoms with Gasteiger partial charge in [-0.15, -0.1) is 0 Å². The highest BCUT2D eigenvalue weighted by atomic mass is 19.2. The van der Waals surface area contributed by atoms with Crippen LogP contribution in [0.4, 0.5) is 20.2 Å². The Balaban J connectivity index is 2.02. The third-order valence-corrected chi connectivity index (χ3v) is 3.74. The maximum absolute atomic E-state index is 13.6. The van der Waals surface area contributed by atoms with E-state index in [4.69, 9.17) is 0 Å². The number of benzene rings is 1. The van der Waals surface area contributed by atoms with Crippen molar-refractivity contribution in [2.45, 2.75) is 19.3 Å². The van der Waals surface area contributed by atoms with Crippen LogP contribution < -0.4 is 10.6 Å². The van der Waals surface area contributed by atoms with Crippen LogP contribution >= 0.6 is 0 Å². The molecule has 1 aliphatic heterocycles. The maximum Gasteiger partial charge on any atom is 0.232 e. The Kier molecular flexibility index (Phi) is 2.11. The largest absolute Gasteiger partial charge is 0.380 e. The van der Waals surface area contributed by atoms with Gasteiger partial charge in [0.15, 0.2) is 11.6 Å². The number of hydrogen-bond acceptors (Lipinski definition) is 2. The fraction of sp³-hybridized carbons (Fsp3) is 0.417. The molecule has 17 heavy (non-hydrogen) atoms.